The van der Waals surface area contributed by atoms with Crippen molar-refractivity contribution in [3.8, 4) is 0 Å². The third-order valence-electron chi connectivity index (χ3n) is 9.05. The van der Waals surface area contributed by atoms with E-state index in [1.165, 1.54) is 154 Å². The van der Waals surface area contributed by atoms with Crippen molar-refractivity contribution in [2.24, 2.45) is 0 Å². The van der Waals surface area contributed by atoms with Crippen LogP contribution in [0.2, 0.25) is 0 Å². The molecular formula is C42H78O4. The second-order valence-corrected chi connectivity index (χ2v) is 13.7. The van der Waals surface area contributed by atoms with Crippen molar-refractivity contribution in [1.82, 2.24) is 0 Å². The van der Waals surface area contributed by atoms with E-state index in [0.29, 0.717) is 12.8 Å². The fraction of sp³-hybridized carbons (Fsp3) is 0.857. The van der Waals surface area contributed by atoms with E-state index >= 15 is 0 Å². The van der Waals surface area contributed by atoms with Gasteiger partial charge < -0.3 is 9.47 Å². The molecule has 0 heterocycles. The minimum atomic E-state index is -0.124. The van der Waals surface area contributed by atoms with Crippen LogP contribution in [0.4, 0.5) is 0 Å². The summed E-state index contributed by atoms with van der Waals surface area (Å²) in [5, 5.41) is 0. The molecule has 0 aromatic heterocycles. The maximum Gasteiger partial charge on any atom is 0.310 e. The Morgan fingerprint density at radius 1 is 0.348 bits per heavy atom. The van der Waals surface area contributed by atoms with Gasteiger partial charge in [0, 0.05) is 12.8 Å². The first kappa shape index (κ1) is 44.4. The first-order valence-electron chi connectivity index (χ1n) is 20.4. The standard InChI is InChI=1S/C42H78O4/c1-3-5-7-9-11-13-15-17-19-21-23-27-31-35-39-45-41(43)37-33-29-25-26-30-34-38-42(44)46-40-36-32-28-24-22-20-18-16-14-12-10-8-6-4-2/h35-36,39-40H,3-34,37-38H2,1-2H3. The predicted molar refractivity (Wildman–Crippen MR) is 199 cm³/mol. The Balaban J connectivity index is 3.34. The number of unbranched alkanes of at least 4 members (excludes halogenated alkanes) is 29. The van der Waals surface area contributed by atoms with Crippen molar-refractivity contribution in [1.29, 1.82) is 0 Å². The van der Waals surface area contributed by atoms with Crippen molar-refractivity contribution < 1.29 is 19.1 Å². The van der Waals surface area contributed by atoms with Gasteiger partial charge in [0.25, 0.3) is 0 Å². The van der Waals surface area contributed by atoms with Crippen LogP contribution in [-0.2, 0) is 19.1 Å². The topological polar surface area (TPSA) is 52.6 Å². The predicted octanol–water partition coefficient (Wildman–Crippen LogP) is 14.4. The molecule has 0 saturated carbocycles. The Morgan fingerprint density at radius 2 is 0.587 bits per heavy atom. The molecule has 4 nitrogen and oxygen atoms in total. The highest BCUT2D eigenvalue weighted by Crippen LogP contribution is 2.14. The molecule has 0 aliphatic rings. The van der Waals surface area contributed by atoms with Gasteiger partial charge in [-0.15, -0.1) is 0 Å². The van der Waals surface area contributed by atoms with Crippen LogP contribution in [0.15, 0.2) is 24.7 Å². The van der Waals surface area contributed by atoms with E-state index in [1.807, 2.05) is 12.2 Å². The highest BCUT2D eigenvalue weighted by atomic mass is 16.5. The molecule has 0 aromatic rings. The van der Waals surface area contributed by atoms with E-state index in [4.69, 9.17) is 9.47 Å². The quantitative estimate of drug-likeness (QED) is 0.0383. The number of allylic oxidation sites excluding steroid dienone is 2. The lowest BCUT2D eigenvalue weighted by molar-refractivity contribution is -0.139. The van der Waals surface area contributed by atoms with Crippen LogP contribution in [0, 0.1) is 0 Å². The van der Waals surface area contributed by atoms with Crippen molar-refractivity contribution in [2.45, 2.75) is 232 Å². The Labute approximate surface area is 287 Å². The number of carbonyl (C=O) groups is 2. The summed E-state index contributed by atoms with van der Waals surface area (Å²) in [5.41, 5.74) is 0. The Morgan fingerprint density at radius 3 is 0.870 bits per heavy atom. The minimum Gasteiger partial charge on any atom is -0.435 e. The molecule has 0 amide bonds. The highest BCUT2D eigenvalue weighted by molar-refractivity contribution is 5.70. The van der Waals surface area contributed by atoms with Crippen LogP contribution in [0.1, 0.15) is 232 Å². The number of ether oxygens (including phenoxy) is 2. The molecular weight excluding hydrogens is 568 g/mol. The molecule has 0 N–H and O–H groups in total. The minimum absolute atomic E-state index is 0.124. The zero-order valence-corrected chi connectivity index (χ0v) is 31.0. The van der Waals surface area contributed by atoms with Crippen LogP contribution in [-0.4, -0.2) is 11.9 Å². The molecule has 0 fully saturated rings. The van der Waals surface area contributed by atoms with Crippen LogP contribution >= 0.6 is 0 Å². The molecule has 0 aromatic carbocycles. The number of esters is 2. The molecule has 0 aliphatic heterocycles. The molecule has 0 aliphatic carbocycles. The van der Waals surface area contributed by atoms with Crippen LogP contribution < -0.4 is 0 Å². The monoisotopic (exact) mass is 647 g/mol. The van der Waals surface area contributed by atoms with Gasteiger partial charge in [-0.05, 0) is 50.7 Å². The smallest absolute Gasteiger partial charge is 0.310 e. The maximum atomic E-state index is 11.9. The van der Waals surface area contributed by atoms with E-state index in [-0.39, 0.29) is 11.9 Å². The zero-order valence-electron chi connectivity index (χ0n) is 31.0. The highest BCUT2D eigenvalue weighted by Gasteiger charge is 2.03. The number of hydrogen-bond donors (Lipinski definition) is 0. The van der Waals surface area contributed by atoms with E-state index in [0.717, 1.165) is 51.4 Å². The summed E-state index contributed by atoms with van der Waals surface area (Å²) < 4.78 is 10.5. The molecule has 0 unspecified atom stereocenters. The third-order valence-corrected chi connectivity index (χ3v) is 9.05. The van der Waals surface area contributed by atoms with Gasteiger partial charge in [0.2, 0.25) is 0 Å². The average molecular weight is 647 g/mol. The molecule has 0 bridgehead atoms. The van der Waals surface area contributed by atoms with Crippen LogP contribution in [0.3, 0.4) is 0 Å². The van der Waals surface area contributed by atoms with Gasteiger partial charge in [0.05, 0.1) is 12.5 Å². The molecule has 4 heteroatoms. The lowest BCUT2D eigenvalue weighted by atomic mass is 10.0. The first-order chi connectivity index (χ1) is 22.7. The zero-order chi connectivity index (χ0) is 33.4. The first-order valence-corrected chi connectivity index (χ1v) is 20.4. The van der Waals surface area contributed by atoms with Gasteiger partial charge in [0.1, 0.15) is 0 Å². The van der Waals surface area contributed by atoms with E-state index < -0.39 is 0 Å². The summed E-state index contributed by atoms with van der Waals surface area (Å²) in [7, 11) is 0. The Hall–Kier alpha value is -1.58. The largest absolute Gasteiger partial charge is 0.435 e. The number of carbonyl (C=O) groups excluding carboxylic acids is 2. The fourth-order valence-electron chi connectivity index (χ4n) is 5.95. The third kappa shape index (κ3) is 38.6. The number of hydrogen-bond acceptors (Lipinski definition) is 4. The van der Waals surface area contributed by atoms with Gasteiger partial charge in [0.15, 0.2) is 0 Å². The van der Waals surface area contributed by atoms with Gasteiger partial charge in [-0.2, -0.15) is 0 Å². The number of rotatable bonds is 37. The van der Waals surface area contributed by atoms with E-state index in [2.05, 4.69) is 13.8 Å². The second-order valence-electron chi connectivity index (χ2n) is 13.7. The van der Waals surface area contributed by atoms with Gasteiger partial charge >= 0.3 is 11.9 Å². The molecule has 0 radical (unpaired) electrons. The summed E-state index contributed by atoms with van der Waals surface area (Å²) in [4.78, 5) is 23.8. The lowest BCUT2D eigenvalue weighted by Crippen LogP contribution is -1.99. The van der Waals surface area contributed by atoms with Crippen molar-refractivity contribution in [3.05, 3.63) is 24.7 Å². The SMILES string of the molecule is CCCCCCCCCCCCCCC=COC(=O)CCCCCCCCC(=O)OC=CCCCCCCCCCCCCCC. The normalized spacial score (nSPS) is 11.6. The Bertz CT molecular complexity index is 625. The average Bonchev–Trinajstić information content (AvgIpc) is 3.05. The summed E-state index contributed by atoms with van der Waals surface area (Å²) in [6.45, 7) is 4.55. The van der Waals surface area contributed by atoms with Crippen molar-refractivity contribution in [3.63, 3.8) is 0 Å². The van der Waals surface area contributed by atoms with Crippen molar-refractivity contribution >= 4 is 11.9 Å². The Kier molecular flexibility index (Phi) is 38.2. The molecule has 270 valence electrons. The van der Waals surface area contributed by atoms with E-state index in [1.54, 1.807) is 12.5 Å². The summed E-state index contributed by atoms with van der Waals surface area (Å²) in [5.74, 6) is -0.249. The maximum absolute atomic E-state index is 11.9. The van der Waals surface area contributed by atoms with Crippen molar-refractivity contribution in [2.75, 3.05) is 0 Å². The molecule has 0 rings (SSSR count). The van der Waals surface area contributed by atoms with Gasteiger partial charge in [-0.25, -0.2) is 0 Å². The molecule has 0 atom stereocenters. The molecule has 0 spiro atoms. The molecule has 0 saturated heterocycles. The summed E-state index contributed by atoms with van der Waals surface area (Å²) >= 11 is 0. The van der Waals surface area contributed by atoms with Crippen LogP contribution in [0.25, 0.3) is 0 Å². The lowest BCUT2D eigenvalue weighted by Gasteiger charge is -2.03. The summed E-state index contributed by atoms with van der Waals surface area (Å²) in [6, 6.07) is 0. The summed E-state index contributed by atoms with van der Waals surface area (Å²) in [6.07, 6.45) is 48.7. The van der Waals surface area contributed by atoms with E-state index in [9.17, 15) is 9.59 Å². The fourth-order valence-corrected chi connectivity index (χ4v) is 5.95. The molecule has 46 heavy (non-hydrogen) atoms. The van der Waals surface area contributed by atoms with Gasteiger partial charge in [-0.1, -0.05) is 181 Å². The van der Waals surface area contributed by atoms with Crippen LogP contribution in [0.5, 0.6) is 0 Å². The van der Waals surface area contributed by atoms with Gasteiger partial charge in [-0.3, -0.25) is 9.59 Å². The second kappa shape index (κ2) is 39.6.